The molecule has 18 heavy (non-hydrogen) atoms. The number of halogens is 1. The lowest BCUT2D eigenvalue weighted by Crippen LogP contribution is -2.44. The predicted octanol–water partition coefficient (Wildman–Crippen LogP) is 1.29. The molecule has 2 aliphatic heterocycles. The molecule has 0 spiro atoms. The van der Waals surface area contributed by atoms with E-state index in [1.165, 1.54) is 19.5 Å². The minimum Gasteiger partial charge on any atom is -0.372 e. The average molecular weight is 277 g/mol. The van der Waals surface area contributed by atoms with E-state index in [-0.39, 0.29) is 24.4 Å². The monoisotopic (exact) mass is 276 g/mol. The molecule has 0 bridgehead atoms. The van der Waals surface area contributed by atoms with E-state index < -0.39 is 0 Å². The summed E-state index contributed by atoms with van der Waals surface area (Å²) in [4.78, 5) is 13.9. The molecule has 2 saturated heterocycles. The zero-order valence-electron chi connectivity index (χ0n) is 11.4. The summed E-state index contributed by atoms with van der Waals surface area (Å²) in [7, 11) is 1.60. The molecule has 1 N–H and O–H groups in total. The molecular weight excluding hydrogens is 252 g/mol. The molecule has 0 radical (unpaired) electrons. The summed E-state index contributed by atoms with van der Waals surface area (Å²) >= 11 is 0. The van der Waals surface area contributed by atoms with E-state index in [0.29, 0.717) is 0 Å². The van der Waals surface area contributed by atoms with Crippen molar-refractivity contribution >= 4 is 18.3 Å². The Morgan fingerprint density at radius 1 is 1.28 bits per heavy atom. The van der Waals surface area contributed by atoms with Gasteiger partial charge in [0, 0.05) is 20.2 Å². The normalized spacial score (nSPS) is 26.8. The molecule has 0 aromatic rings. The largest absolute Gasteiger partial charge is 0.372 e. The number of nitrogens with one attached hydrogen (secondary N) is 1. The van der Waals surface area contributed by atoms with Gasteiger partial charge in [0.2, 0.25) is 0 Å². The summed E-state index contributed by atoms with van der Waals surface area (Å²) in [6, 6.07) is 0. The number of methoxy groups -OCH3 is 1. The summed E-state index contributed by atoms with van der Waals surface area (Å²) in [6.07, 6.45) is 3.34. The zero-order valence-corrected chi connectivity index (χ0v) is 12.2. The van der Waals surface area contributed by atoms with Crippen molar-refractivity contribution in [1.29, 1.82) is 0 Å². The quantitative estimate of drug-likeness (QED) is 0.845. The number of ether oxygens (including phenoxy) is 1. The molecule has 2 heterocycles. The second-order valence-electron chi connectivity index (χ2n) is 5.29. The highest BCUT2D eigenvalue weighted by atomic mass is 35.5. The molecule has 2 unspecified atom stereocenters. The van der Waals surface area contributed by atoms with Crippen LogP contribution in [-0.2, 0) is 9.53 Å². The highest BCUT2D eigenvalue weighted by molar-refractivity contribution is 5.85. The maximum absolute atomic E-state index is 11.9. The first-order valence-electron chi connectivity index (χ1n) is 6.74. The van der Waals surface area contributed by atoms with Gasteiger partial charge in [0.05, 0.1) is 0 Å². The first-order valence-corrected chi connectivity index (χ1v) is 6.74. The van der Waals surface area contributed by atoms with Gasteiger partial charge >= 0.3 is 0 Å². The van der Waals surface area contributed by atoms with Crippen molar-refractivity contribution in [2.45, 2.75) is 32.3 Å². The van der Waals surface area contributed by atoms with Crippen molar-refractivity contribution in [3.63, 3.8) is 0 Å². The SMILES string of the molecule is COC(C)C(=O)N1CCC(C2CCNC2)CC1.Cl. The Hall–Kier alpha value is -0.320. The summed E-state index contributed by atoms with van der Waals surface area (Å²) in [5, 5.41) is 3.43. The van der Waals surface area contributed by atoms with E-state index in [1.54, 1.807) is 7.11 Å². The highest BCUT2D eigenvalue weighted by Crippen LogP contribution is 2.29. The minimum atomic E-state index is -0.292. The van der Waals surface area contributed by atoms with Gasteiger partial charge in [-0.3, -0.25) is 4.79 Å². The number of nitrogens with zero attached hydrogens (tertiary/aromatic N) is 1. The van der Waals surface area contributed by atoms with Crippen LogP contribution in [0.3, 0.4) is 0 Å². The van der Waals surface area contributed by atoms with Gasteiger partial charge in [-0.1, -0.05) is 0 Å². The van der Waals surface area contributed by atoms with Crippen molar-refractivity contribution in [1.82, 2.24) is 10.2 Å². The summed E-state index contributed by atoms with van der Waals surface area (Å²) in [5.74, 6) is 1.80. The number of likely N-dealkylation sites (tertiary alicyclic amines) is 1. The first kappa shape index (κ1) is 15.7. The Balaban J connectivity index is 0.00000162. The smallest absolute Gasteiger partial charge is 0.251 e. The topological polar surface area (TPSA) is 41.6 Å². The molecule has 2 rings (SSSR count). The van der Waals surface area contributed by atoms with Gasteiger partial charge in [-0.15, -0.1) is 12.4 Å². The van der Waals surface area contributed by atoms with E-state index >= 15 is 0 Å². The number of carbonyl (C=O) groups is 1. The van der Waals surface area contributed by atoms with Crippen molar-refractivity contribution in [3.05, 3.63) is 0 Å². The summed E-state index contributed by atoms with van der Waals surface area (Å²) in [5.41, 5.74) is 0. The number of hydrogen-bond acceptors (Lipinski definition) is 3. The molecule has 5 heteroatoms. The number of piperidine rings is 1. The van der Waals surface area contributed by atoms with Gasteiger partial charge in [0.25, 0.3) is 5.91 Å². The molecule has 0 aromatic carbocycles. The summed E-state index contributed by atoms with van der Waals surface area (Å²) in [6.45, 7) is 5.99. The van der Waals surface area contributed by atoms with Crippen molar-refractivity contribution < 1.29 is 9.53 Å². The van der Waals surface area contributed by atoms with Crippen LogP contribution < -0.4 is 5.32 Å². The molecule has 1 amide bonds. The number of carbonyl (C=O) groups excluding carboxylic acids is 1. The lowest BCUT2D eigenvalue weighted by atomic mass is 9.84. The molecule has 0 saturated carbocycles. The predicted molar refractivity (Wildman–Crippen MR) is 74.0 cm³/mol. The molecule has 0 aromatic heterocycles. The van der Waals surface area contributed by atoms with Crippen molar-refractivity contribution in [3.8, 4) is 0 Å². The fourth-order valence-electron chi connectivity index (χ4n) is 3.03. The van der Waals surface area contributed by atoms with Crippen LogP contribution in [0.25, 0.3) is 0 Å². The zero-order chi connectivity index (χ0) is 12.3. The van der Waals surface area contributed by atoms with Crippen LogP contribution in [0.15, 0.2) is 0 Å². The van der Waals surface area contributed by atoms with Gasteiger partial charge in [0.15, 0.2) is 0 Å². The maximum atomic E-state index is 11.9. The third-order valence-electron chi connectivity index (χ3n) is 4.32. The Bertz CT molecular complexity index is 262. The maximum Gasteiger partial charge on any atom is 0.251 e. The third kappa shape index (κ3) is 3.59. The van der Waals surface area contributed by atoms with E-state index in [0.717, 1.165) is 37.8 Å². The van der Waals surface area contributed by atoms with Crippen molar-refractivity contribution in [2.24, 2.45) is 11.8 Å². The Morgan fingerprint density at radius 2 is 1.94 bits per heavy atom. The molecule has 2 fully saturated rings. The number of rotatable bonds is 3. The average Bonchev–Trinajstić information content (AvgIpc) is 2.91. The van der Waals surface area contributed by atoms with E-state index in [4.69, 9.17) is 4.74 Å². The van der Waals surface area contributed by atoms with Gasteiger partial charge in [-0.25, -0.2) is 0 Å². The first-order chi connectivity index (χ1) is 8.22. The summed E-state index contributed by atoms with van der Waals surface area (Å²) < 4.78 is 5.09. The van der Waals surface area contributed by atoms with Crippen LogP contribution in [0, 0.1) is 11.8 Å². The Kier molecular flexibility index (Phi) is 6.39. The second kappa shape index (κ2) is 7.31. The molecular formula is C13H25ClN2O2. The fourth-order valence-corrected chi connectivity index (χ4v) is 3.03. The molecule has 2 aliphatic rings. The van der Waals surface area contributed by atoms with Crippen LogP contribution in [0.5, 0.6) is 0 Å². The van der Waals surface area contributed by atoms with E-state index in [9.17, 15) is 4.79 Å². The number of hydrogen-bond donors (Lipinski definition) is 1. The standard InChI is InChI=1S/C13H24N2O2.ClH/c1-10(17-2)13(16)15-7-4-11(5-8-15)12-3-6-14-9-12;/h10-12,14H,3-9H2,1-2H3;1H. The van der Waals surface area contributed by atoms with Crippen LogP contribution in [0.2, 0.25) is 0 Å². The van der Waals surface area contributed by atoms with Gasteiger partial charge in [0.1, 0.15) is 6.10 Å². The van der Waals surface area contributed by atoms with Crippen LogP contribution in [-0.4, -0.2) is 50.2 Å². The lowest BCUT2D eigenvalue weighted by molar-refractivity contribution is -0.142. The Labute approximate surface area is 116 Å². The van der Waals surface area contributed by atoms with Crippen LogP contribution in [0.1, 0.15) is 26.2 Å². The molecule has 4 nitrogen and oxygen atoms in total. The van der Waals surface area contributed by atoms with E-state index in [2.05, 4.69) is 5.32 Å². The third-order valence-corrected chi connectivity index (χ3v) is 4.32. The van der Waals surface area contributed by atoms with Crippen LogP contribution >= 0.6 is 12.4 Å². The minimum absolute atomic E-state index is 0. The van der Waals surface area contributed by atoms with Crippen LogP contribution in [0.4, 0.5) is 0 Å². The second-order valence-corrected chi connectivity index (χ2v) is 5.29. The van der Waals surface area contributed by atoms with Gasteiger partial charge in [-0.05, 0) is 51.1 Å². The van der Waals surface area contributed by atoms with Gasteiger partial charge in [-0.2, -0.15) is 0 Å². The number of amides is 1. The molecule has 0 aliphatic carbocycles. The van der Waals surface area contributed by atoms with Gasteiger partial charge < -0.3 is 15.0 Å². The fraction of sp³-hybridized carbons (Fsp3) is 0.923. The molecule has 106 valence electrons. The molecule has 2 atom stereocenters. The lowest BCUT2D eigenvalue weighted by Gasteiger charge is -2.35. The van der Waals surface area contributed by atoms with Crippen molar-refractivity contribution in [2.75, 3.05) is 33.3 Å². The van der Waals surface area contributed by atoms with E-state index in [1.807, 2.05) is 11.8 Å². The Morgan fingerprint density at radius 3 is 2.44 bits per heavy atom. The highest BCUT2D eigenvalue weighted by Gasteiger charge is 2.31.